The van der Waals surface area contributed by atoms with Gasteiger partial charge < -0.3 is 15.8 Å². The van der Waals surface area contributed by atoms with Gasteiger partial charge in [0.05, 0.1) is 0 Å². The molecule has 90 valence electrons. The topological polar surface area (TPSA) is 47.3 Å². The van der Waals surface area contributed by atoms with Crippen molar-refractivity contribution in [2.75, 3.05) is 31.3 Å². The van der Waals surface area contributed by atoms with Crippen LogP contribution in [-0.2, 0) is 4.74 Å². The Morgan fingerprint density at radius 3 is 2.44 bits per heavy atom. The van der Waals surface area contributed by atoms with Crippen molar-refractivity contribution in [3.63, 3.8) is 0 Å². The van der Waals surface area contributed by atoms with Crippen molar-refractivity contribution in [1.29, 1.82) is 0 Å². The largest absolute Gasteiger partial charge is 0.399 e. The van der Waals surface area contributed by atoms with Crippen LogP contribution in [0.3, 0.4) is 0 Å². The molecule has 0 bridgehead atoms. The van der Waals surface area contributed by atoms with Crippen LogP contribution in [0.5, 0.6) is 0 Å². The third-order valence-electron chi connectivity index (χ3n) is 2.14. The molecule has 0 amide bonds. The smallest absolute Gasteiger partial charge is 0.151 e. The zero-order valence-corrected chi connectivity index (χ0v) is 9.22. The number of hydrogen-bond donors (Lipinski definition) is 2. The van der Waals surface area contributed by atoms with Gasteiger partial charge in [0.2, 0.25) is 0 Å². The van der Waals surface area contributed by atoms with E-state index < -0.39 is 11.6 Å². The number of anilines is 2. The first-order valence-corrected chi connectivity index (χ1v) is 5.12. The number of benzene rings is 1. The summed E-state index contributed by atoms with van der Waals surface area (Å²) in [5, 5.41) is 2.71. The van der Waals surface area contributed by atoms with Gasteiger partial charge in [0, 0.05) is 25.9 Å². The Kier molecular flexibility index (Phi) is 4.98. The second-order valence-electron chi connectivity index (χ2n) is 3.49. The molecule has 3 N–H and O–H groups in total. The third kappa shape index (κ3) is 3.66. The standard InChI is InChI=1S/C11H16F2N2O/c1-16-5-3-2-4-15-11-9(12)6-8(14)7-10(11)13/h6-7,15H,2-5,14H2,1H3. The van der Waals surface area contributed by atoms with Crippen molar-refractivity contribution in [1.82, 2.24) is 0 Å². The van der Waals surface area contributed by atoms with Crippen molar-refractivity contribution in [2.45, 2.75) is 12.8 Å². The molecule has 0 saturated carbocycles. The Balaban J connectivity index is 2.47. The molecule has 0 fully saturated rings. The van der Waals surface area contributed by atoms with Gasteiger partial charge in [-0.25, -0.2) is 8.78 Å². The van der Waals surface area contributed by atoms with Gasteiger partial charge >= 0.3 is 0 Å². The monoisotopic (exact) mass is 230 g/mol. The predicted molar refractivity (Wildman–Crippen MR) is 60.4 cm³/mol. The van der Waals surface area contributed by atoms with Crippen LogP contribution in [-0.4, -0.2) is 20.3 Å². The lowest BCUT2D eigenvalue weighted by Gasteiger charge is -2.09. The maximum Gasteiger partial charge on any atom is 0.151 e. The average Bonchev–Trinajstić information content (AvgIpc) is 2.20. The molecular formula is C11H16F2N2O. The Labute approximate surface area is 93.6 Å². The lowest BCUT2D eigenvalue weighted by atomic mass is 10.2. The summed E-state index contributed by atoms with van der Waals surface area (Å²) in [5.74, 6) is -1.33. The number of nitrogens with two attached hydrogens (primary N) is 1. The number of methoxy groups -OCH3 is 1. The Bertz CT molecular complexity index is 322. The van der Waals surface area contributed by atoms with Crippen LogP contribution in [0.25, 0.3) is 0 Å². The van der Waals surface area contributed by atoms with Crippen molar-refractivity contribution in [3.05, 3.63) is 23.8 Å². The lowest BCUT2D eigenvalue weighted by molar-refractivity contribution is 0.193. The summed E-state index contributed by atoms with van der Waals surface area (Å²) >= 11 is 0. The Morgan fingerprint density at radius 1 is 1.25 bits per heavy atom. The van der Waals surface area contributed by atoms with Gasteiger partial charge in [0.1, 0.15) is 5.69 Å². The van der Waals surface area contributed by atoms with Gasteiger partial charge in [-0.15, -0.1) is 0 Å². The highest BCUT2D eigenvalue weighted by molar-refractivity contribution is 5.53. The molecule has 16 heavy (non-hydrogen) atoms. The minimum absolute atomic E-state index is 0.0833. The van der Waals surface area contributed by atoms with E-state index in [2.05, 4.69) is 5.32 Å². The van der Waals surface area contributed by atoms with Gasteiger partial charge in [-0.2, -0.15) is 0 Å². The summed E-state index contributed by atoms with van der Waals surface area (Å²) in [6, 6.07) is 2.20. The third-order valence-corrected chi connectivity index (χ3v) is 2.14. The zero-order chi connectivity index (χ0) is 12.0. The summed E-state index contributed by atoms with van der Waals surface area (Å²) in [6.45, 7) is 1.15. The van der Waals surface area contributed by atoms with Gasteiger partial charge in [-0.3, -0.25) is 0 Å². The molecule has 0 aliphatic heterocycles. The second kappa shape index (κ2) is 6.27. The van der Waals surface area contributed by atoms with Crippen LogP contribution in [0.4, 0.5) is 20.2 Å². The van der Waals surface area contributed by atoms with Crippen LogP contribution in [0.1, 0.15) is 12.8 Å². The molecule has 0 radical (unpaired) electrons. The molecule has 5 heteroatoms. The van der Waals surface area contributed by atoms with E-state index in [4.69, 9.17) is 10.5 Å². The van der Waals surface area contributed by atoms with E-state index in [0.29, 0.717) is 13.2 Å². The SMILES string of the molecule is COCCCCNc1c(F)cc(N)cc1F. The van der Waals surface area contributed by atoms with Crippen LogP contribution in [0.15, 0.2) is 12.1 Å². The normalized spacial score (nSPS) is 10.4. The molecule has 0 atom stereocenters. The Morgan fingerprint density at radius 2 is 1.88 bits per heavy atom. The van der Waals surface area contributed by atoms with Crippen molar-refractivity contribution >= 4 is 11.4 Å². The summed E-state index contributed by atoms with van der Waals surface area (Å²) in [5.41, 5.74) is 5.26. The number of halogens is 2. The molecule has 0 aliphatic rings. The van der Waals surface area contributed by atoms with E-state index >= 15 is 0 Å². The number of rotatable bonds is 6. The van der Waals surface area contributed by atoms with E-state index in [0.717, 1.165) is 25.0 Å². The second-order valence-corrected chi connectivity index (χ2v) is 3.49. The molecule has 0 unspecified atom stereocenters. The van der Waals surface area contributed by atoms with Crippen molar-refractivity contribution in [3.8, 4) is 0 Å². The molecule has 1 rings (SSSR count). The van der Waals surface area contributed by atoms with Crippen molar-refractivity contribution < 1.29 is 13.5 Å². The molecule has 1 aromatic carbocycles. The highest BCUT2D eigenvalue weighted by Crippen LogP contribution is 2.21. The van der Waals surface area contributed by atoms with Gasteiger partial charge in [-0.1, -0.05) is 0 Å². The highest BCUT2D eigenvalue weighted by atomic mass is 19.1. The molecule has 0 aliphatic carbocycles. The minimum atomic E-state index is -0.663. The maximum atomic E-state index is 13.3. The zero-order valence-electron chi connectivity index (χ0n) is 9.22. The fourth-order valence-electron chi connectivity index (χ4n) is 1.35. The first-order chi connectivity index (χ1) is 7.65. The van der Waals surface area contributed by atoms with E-state index in [1.54, 1.807) is 7.11 Å². The Hall–Kier alpha value is -1.36. The van der Waals surface area contributed by atoms with E-state index in [-0.39, 0.29) is 11.4 Å². The average molecular weight is 230 g/mol. The minimum Gasteiger partial charge on any atom is -0.399 e. The van der Waals surface area contributed by atoms with Crippen LogP contribution in [0, 0.1) is 11.6 Å². The summed E-state index contributed by atoms with van der Waals surface area (Å²) < 4.78 is 31.4. The number of ether oxygens (including phenoxy) is 1. The van der Waals surface area contributed by atoms with E-state index in [1.165, 1.54) is 0 Å². The van der Waals surface area contributed by atoms with Crippen LogP contribution in [0.2, 0.25) is 0 Å². The molecule has 1 aromatic rings. The molecule has 0 spiro atoms. The lowest BCUT2D eigenvalue weighted by Crippen LogP contribution is -2.07. The van der Waals surface area contributed by atoms with Gasteiger partial charge in [0.15, 0.2) is 11.6 Å². The maximum absolute atomic E-state index is 13.3. The summed E-state index contributed by atoms with van der Waals surface area (Å²) in [4.78, 5) is 0. The molecule has 0 heterocycles. The fourth-order valence-corrected chi connectivity index (χ4v) is 1.35. The van der Waals surface area contributed by atoms with Crippen molar-refractivity contribution in [2.24, 2.45) is 0 Å². The number of nitrogens with one attached hydrogen (secondary N) is 1. The first kappa shape index (κ1) is 12.7. The number of unbranched alkanes of at least 4 members (excludes halogenated alkanes) is 1. The highest BCUT2D eigenvalue weighted by Gasteiger charge is 2.09. The predicted octanol–water partition coefficient (Wildman–Crippen LogP) is 2.39. The number of nitrogen functional groups attached to an aromatic ring is 1. The van der Waals surface area contributed by atoms with E-state index in [1.807, 2.05) is 0 Å². The van der Waals surface area contributed by atoms with Crippen LogP contribution >= 0.6 is 0 Å². The molecule has 0 saturated heterocycles. The number of hydrogen-bond acceptors (Lipinski definition) is 3. The van der Waals surface area contributed by atoms with Gasteiger partial charge in [-0.05, 0) is 25.0 Å². The fraction of sp³-hybridized carbons (Fsp3) is 0.455. The molecule has 3 nitrogen and oxygen atoms in total. The van der Waals surface area contributed by atoms with E-state index in [9.17, 15) is 8.78 Å². The van der Waals surface area contributed by atoms with Gasteiger partial charge in [0.25, 0.3) is 0 Å². The molecular weight excluding hydrogens is 214 g/mol. The van der Waals surface area contributed by atoms with Crippen LogP contribution < -0.4 is 11.1 Å². The summed E-state index contributed by atoms with van der Waals surface area (Å²) in [7, 11) is 1.62. The quantitative estimate of drug-likeness (QED) is 0.582. The first-order valence-electron chi connectivity index (χ1n) is 5.12. The molecule has 0 aromatic heterocycles. The summed E-state index contributed by atoms with van der Waals surface area (Å²) in [6.07, 6.45) is 1.64.